The first kappa shape index (κ1) is 56.0. The van der Waals surface area contributed by atoms with Crippen molar-refractivity contribution in [2.45, 2.75) is 102 Å². The minimum Gasteiger partial charge on any atom is -0.478 e. The van der Waals surface area contributed by atoms with Gasteiger partial charge in [-0.3, -0.25) is 4.90 Å². The molecule has 79 heavy (non-hydrogen) atoms. The van der Waals surface area contributed by atoms with E-state index >= 15 is 0 Å². The van der Waals surface area contributed by atoms with Crippen LogP contribution in [0.4, 0.5) is 11.4 Å². The number of aromatic carboxylic acids is 2. The molecule has 4 aromatic heterocycles. The summed E-state index contributed by atoms with van der Waals surface area (Å²) in [5.74, 6) is 0.831. The average molecular weight is 1150 g/mol. The van der Waals surface area contributed by atoms with Gasteiger partial charge in [-0.25, -0.2) is 9.59 Å². The van der Waals surface area contributed by atoms with Gasteiger partial charge in [-0.15, -0.1) is 0 Å². The molecule has 6 heterocycles. The van der Waals surface area contributed by atoms with Gasteiger partial charge in [0.2, 0.25) is 0 Å². The summed E-state index contributed by atoms with van der Waals surface area (Å²) in [7, 11) is 3.79. The van der Waals surface area contributed by atoms with E-state index in [0.29, 0.717) is 66.4 Å². The highest BCUT2D eigenvalue weighted by atomic mass is 35.5. The van der Waals surface area contributed by atoms with Crippen LogP contribution in [0.1, 0.15) is 109 Å². The number of carbonyl (C=O) groups excluding carboxylic acids is 1. The van der Waals surface area contributed by atoms with E-state index in [1.807, 2.05) is 59.6 Å². The molecule has 4 fully saturated rings. The summed E-state index contributed by atoms with van der Waals surface area (Å²) in [6.45, 7) is 13.6. The van der Waals surface area contributed by atoms with Crippen LogP contribution in [0.2, 0.25) is 20.1 Å². The van der Waals surface area contributed by atoms with Crippen LogP contribution in [-0.2, 0) is 31.7 Å². The number of anilines is 2. The minimum atomic E-state index is -0.902. The van der Waals surface area contributed by atoms with Gasteiger partial charge in [-0.2, -0.15) is 0 Å². The molecule has 0 spiro atoms. The zero-order valence-electron chi connectivity index (χ0n) is 45.0. The quantitative estimate of drug-likeness (QED) is 0.0931. The predicted octanol–water partition coefficient (Wildman–Crippen LogP) is 13.2. The fourth-order valence-electron chi connectivity index (χ4n) is 11.8. The van der Waals surface area contributed by atoms with Crippen molar-refractivity contribution in [3.05, 3.63) is 139 Å². The number of hydrogen-bond acceptors (Lipinski definition) is 11. The summed E-state index contributed by atoms with van der Waals surface area (Å²) in [5, 5.41) is 34.5. The Kier molecular flexibility index (Phi) is 16.6. The molecule has 4 aromatic carbocycles. The lowest BCUT2D eigenvalue weighted by Gasteiger charge is -2.46. The molecule has 3 N–H and O–H groups in total. The summed E-state index contributed by atoms with van der Waals surface area (Å²) in [4.78, 5) is 41.2. The van der Waals surface area contributed by atoms with Crippen molar-refractivity contribution in [1.29, 1.82) is 0 Å². The maximum Gasteiger partial charge on any atom is 0.337 e. The molecule has 414 valence electrons. The second-order valence-electron chi connectivity index (χ2n) is 21.6. The highest BCUT2D eigenvalue weighted by Gasteiger charge is 2.36. The number of hydrogen-bond donors (Lipinski definition) is 3. The van der Waals surface area contributed by atoms with Crippen LogP contribution in [0.15, 0.2) is 94.2 Å². The molecule has 0 bridgehead atoms. The fraction of sp³-hybridized carbons (Fsp3) is 0.383. The van der Waals surface area contributed by atoms with E-state index in [1.54, 1.807) is 30.6 Å². The highest BCUT2D eigenvalue weighted by Crippen LogP contribution is 2.47. The molecular formula is C60H64Cl4N8O7. The van der Waals surface area contributed by atoms with Crippen LogP contribution in [0.25, 0.3) is 44.3 Å². The first-order valence-corrected chi connectivity index (χ1v) is 28.4. The lowest BCUT2D eigenvalue weighted by Crippen LogP contribution is -2.57. The van der Waals surface area contributed by atoms with Gasteiger partial charge in [0.25, 0.3) is 0 Å². The molecule has 0 amide bonds. The summed E-state index contributed by atoms with van der Waals surface area (Å²) < 4.78 is 15.1. The Morgan fingerprint density at radius 1 is 0.633 bits per heavy atom. The van der Waals surface area contributed by atoms with Gasteiger partial charge in [-0.05, 0) is 120 Å². The van der Waals surface area contributed by atoms with Crippen LogP contribution in [-0.4, -0.2) is 110 Å². The molecule has 2 saturated heterocycles. The van der Waals surface area contributed by atoms with Crippen molar-refractivity contribution < 1.29 is 33.6 Å². The fourth-order valence-corrected chi connectivity index (χ4v) is 12.9. The van der Waals surface area contributed by atoms with Gasteiger partial charge < -0.3 is 48.3 Å². The second-order valence-corrected chi connectivity index (χ2v) is 23.2. The minimum absolute atomic E-state index is 0.270. The van der Waals surface area contributed by atoms with Crippen LogP contribution in [0.3, 0.4) is 0 Å². The van der Waals surface area contributed by atoms with E-state index in [1.165, 1.54) is 0 Å². The molecule has 4 aliphatic rings. The van der Waals surface area contributed by atoms with Crippen molar-refractivity contribution in [1.82, 2.24) is 29.7 Å². The van der Waals surface area contributed by atoms with Crippen molar-refractivity contribution in [3.8, 4) is 22.5 Å². The van der Waals surface area contributed by atoms with Crippen LogP contribution < -0.4 is 15.1 Å². The number of carboxylic acid groups (broad SMARTS) is 2. The molecule has 8 aromatic rings. The zero-order valence-corrected chi connectivity index (χ0v) is 48.0. The number of benzene rings is 4. The molecule has 2 aliphatic heterocycles. The van der Waals surface area contributed by atoms with E-state index in [4.69, 9.17) is 55.4 Å². The SMILES string of the molecule is CC1CN(CCc2c(-c3c(Cl)cccc3Cl)noc2C2CC2)CC(C)N1c1ccc2c(C(=O)O)cn(C)c2c1.CC1CNCC(C)N1c1ccc2c(C(=O)O)cn(C)c2c1.O=CCc1c(-c2c(Cl)cccc2Cl)noc1C1CC1. The number of aryl methyl sites for hydroxylation is 2. The first-order chi connectivity index (χ1) is 37.9. The smallest absolute Gasteiger partial charge is 0.337 e. The van der Waals surface area contributed by atoms with E-state index in [-0.39, 0.29) is 18.5 Å². The molecule has 0 radical (unpaired) electrons. The maximum atomic E-state index is 11.6. The number of aromatic nitrogens is 4. The van der Waals surface area contributed by atoms with Crippen molar-refractivity contribution >= 4 is 97.8 Å². The lowest BCUT2D eigenvalue weighted by atomic mass is 10.00. The summed E-state index contributed by atoms with van der Waals surface area (Å²) in [6.07, 6.45) is 9.73. The molecule has 4 atom stereocenters. The molecule has 2 saturated carbocycles. The Hall–Kier alpha value is -6.33. The summed E-state index contributed by atoms with van der Waals surface area (Å²) >= 11 is 25.5. The number of halogens is 4. The number of piperazine rings is 2. The Morgan fingerprint density at radius 3 is 1.47 bits per heavy atom. The number of nitrogens with zero attached hydrogens (tertiary/aromatic N) is 7. The van der Waals surface area contributed by atoms with E-state index in [2.05, 4.69) is 76.2 Å². The Labute approximate surface area is 478 Å². The number of carbonyl (C=O) groups is 3. The molecule has 2 aliphatic carbocycles. The van der Waals surface area contributed by atoms with Gasteiger partial charge in [0, 0.05) is 146 Å². The van der Waals surface area contributed by atoms with Crippen molar-refractivity contribution in [3.63, 3.8) is 0 Å². The van der Waals surface area contributed by atoms with Gasteiger partial charge in [0.1, 0.15) is 29.2 Å². The molecular weight excluding hydrogens is 1090 g/mol. The Bertz CT molecular complexity index is 3520. The number of rotatable bonds is 13. The van der Waals surface area contributed by atoms with Gasteiger partial charge in [-0.1, -0.05) is 68.8 Å². The first-order valence-electron chi connectivity index (χ1n) is 26.9. The third-order valence-corrected chi connectivity index (χ3v) is 17.0. The van der Waals surface area contributed by atoms with Crippen LogP contribution in [0.5, 0.6) is 0 Å². The van der Waals surface area contributed by atoms with E-state index < -0.39 is 11.9 Å². The normalized spacial score (nSPS) is 19.5. The van der Waals surface area contributed by atoms with Gasteiger partial charge >= 0.3 is 11.9 Å². The zero-order chi connectivity index (χ0) is 56.0. The van der Waals surface area contributed by atoms with E-state index in [0.717, 1.165) is 138 Å². The topological polar surface area (TPSA) is 175 Å². The van der Waals surface area contributed by atoms with Crippen LogP contribution in [0, 0.1) is 0 Å². The third-order valence-electron chi connectivity index (χ3n) is 15.7. The third kappa shape index (κ3) is 11.5. The lowest BCUT2D eigenvalue weighted by molar-refractivity contribution is -0.107. The number of carboxylic acids is 2. The molecule has 4 unspecified atom stereocenters. The van der Waals surface area contributed by atoms with E-state index in [9.17, 15) is 24.6 Å². The maximum absolute atomic E-state index is 11.6. The molecule has 15 nitrogen and oxygen atoms in total. The van der Waals surface area contributed by atoms with Gasteiger partial charge in [0.05, 0.1) is 42.3 Å². The number of fused-ring (bicyclic) bond motifs is 2. The number of aldehydes is 1. The Morgan fingerprint density at radius 2 is 1.05 bits per heavy atom. The average Bonchev–Trinajstić information content (AvgIpc) is 4.39. The summed E-state index contributed by atoms with van der Waals surface area (Å²) in [5.41, 5.74) is 9.54. The second kappa shape index (κ2) is 23.4. The number of nitrogens with one attached hydrogen (secondary N) is 1. The predicted molar refractivity (Wildman–Crippen MR) is 313 cm³/mol. The highest BCUT2D eigenvalue weighted by molar-refractivity contribution is 6.39. The van der Waals surface area contributed by atoms with Gasteiger partial charge in [0.15, 0.2) is 0 Å². The van der Waals surface area contributed by atoms with Crippen molar-refractivity contribution in [2.24, 2.45) is 14.1 Å². The molecule has 12 rings (SSSR count). The van der Waals surface area contributed by atoms with Crippen LogP contribution >= 0.6 is 46.4 Å². The van der Waals surface area contributed by atoms with Crippen molar-refractivity contribution in [2.75, 3.05) is 42.5 Å². The largest absolute Gasteiger partial charge is 0.478 e. The Balaban J connectivity index is 0.000000148. The molecule has 19 heteroatoms. The monoisotopic (exact) mass is 1150 g/mol. The summed E-state index contributed by atoms with van der Waals surface area (Å²) in [6, 6.07) is 24.4. The standard InChI is InChI=1S/C30H32Cl2N4O3.C16H21N3O2.C14H11Cl2NO2/c1-17-14-35(15-18(2)36(17)20-9-10-21-23(30(37)38)16-34(3)26(21)13-20)12-11-22-28(33-39-29(22)19-7-8-19)27-24(31)5-4-6-25(27)32;1-10-7-17-8-11(2)19(10)12-4-5-13-14(16(20)21)9-18(3)15(13)6-12;15-10-2-1-3-11(16)12(10)13-9(6-7-18)14(19-17-13)8-4-5-8/h4-6,9-10,13,16-19H,7-8,11-12,14-15H2,1-3H3,(H,37,38);4-6,9-11,17H,7-8H2,1-3H3,(H,20,21);1-3,7-8H,4-6H2.